The SMILES string of the molecule is N[C@@H](CO)C(=O)OC(=O)CCCCCCCCCCCCCCCO. The molecule has 0 aliphatic heterocycles. The lowest BCUT2D eigenvalue weighted by Gasteiger charge is -2.07. The summed E-state index contributed by atoms with van der Waals surface area (Å²) in [5.74, 6) is -1.42. The Morgan fingerprint density at radius 2 is 1.12 bits per heavy atom. The van der Waals surface area contributed by atoms with Gasteiger partial charge in [0.2, 0.25) is 0 Å². The van der Waals surface area contributed by atoms with Crippen LogP contribution in [-0.2, 0) is 14.3 Å². The van der Waals surface area contributed by atoms with Crippen LogP contribution in [-0.4, -0.2) is 41.4 Å². The van der Waals surface area contributed by atoms with Gasteiger partial charge in [-0.3, -0.25) is 4.79 Å². The normalized spacial score (nSPS) is 12.1. The van der Waals surface area contributed by atoms with Crippen molar-refractivity contribution in [3.8, 4) is 0 Å². The smallest absolute Gasteiger partial charge is 0.332 e. The number of aliphatic hydroxyl groups is 2. The van der Waals surface area contributed by atoms with Gasteiger partial charge in [-0.2, -0.15) is 0 Å². The molecule has 0 aliphatic carbocycles. The molecule has 0 saturated heterocycles. The molecule has 0 rings (SSSR count). The lowest BCUT2D eigenvalue weighted by molar-refractivity contribution is -0.161. The van der Waals surface area contributed by atoms with Crippen LogP contribution in [0.5, 0.6) is 0 Å². The first kappa shape index (κ1) is 24.0. The van der Waals surface area contributed by atoms with Crippen LogP contribution >= 0.6 is 0 Å². The first-order valence-electron chi connectivity index (χ1n) is 9.83. The Morgan fingerprint density at radius 3 is 1.52 bits per heavy atom. The van der Waals surface area contributed by atoms with Crippen LogP contribution in [0.25, 0.3) is 0 Å². The molecule has 6 nitrogen and oxygen atoms in total. The predicted octanol–water partition coefficient (Wildman–Crippen LogP) is 2.83. The molecule has 0 fully saturated rings. The number of ether oxygens (including phenoxy) is 1. The molecule has 0 heterocycles. The molecule has 0 aromatic carbocycles. The van der Waals surface area contributed by atoms with Crippen molar-refractivity contribution < 1.29 is 24.5 Å². The first-order chi connectivity index (χ1) is 12.1. The van der Waals surface area contributed by atoms with Crippen LogP contribution in [0.1, 0.15) is 89.9 Å². The number of aliphatic hydroxyl groups excluding tert-OH is 2. The van der Waals surface area contributed by atoms with Crippen molar-refractivity contribution in [1.82, 2.24) is 0 Å². The number of carbonyl (C=O) groups is 2. The van der Waals surface area contributed by atoms with E-state index in [0.29, 0.717) is 13.0 Å². The van der Waals surface area contributed by atoms with Crippen LogP contribution in [0.3, 0.4) is 0 Å². The summed E-state index contributed by atoms with van der Waals surface area (Å²) in [6.45, 7) is -0.201. The number of unbranched alkanes of at least 4 members (excludes halogenated alkanes) is 12. The van der Waals surface area contributed by atoms with E-state index >= 15 is 0 Å². The Hall–Kier alpha value is -0.980. The number of carbonyl (C=O) groups excluding carboxylic acids is 2. The van der Waals surface area contributed by atoms with E-state index < -0.39 is 24.6 Å². The maximum atomic E-state index is 11.4. The molecular weight excluding hydrogens is 322 g/mol. The molecule has 6 heteroatoms. The van der Waals surface area contributed by atoms with E-state index in [1.807, 2.05) is 0 Å². The molecule has 0 unspecified atom stereocenters. The number of hydrogen-bond donors (Lipinski definition) is 3. The molecule has 25 heavy (non-hydrogen) atoms. The molecule has 148 valence electrons. The zero-order valence-corrected chi connectivity index (χ0v) is 15.6. The van der Waals surface area contributed by atoms with Gasteiger partial charge < -0.3 is 20.7 Å². The van der Waals surface area contributed by atoms with Crippen LogP contribution in [0.4, 0.5) is 0 Å². The fourth-order valence-electron chi connectivity index (χ4n) is 2.64. The molecule has 0 aromatic rings. The molecule has 1 atom stereocenters. The third kappa shape index (κ3) is 16.2. The van der Waals surface area contributed by atoms with Crippen molar-refractivity contribution in [1.29, 1.82) is 0 Å². The Bertz CT molecular complexity index is 336. The molecule has 0 bridgehead atoms. The van der Waals surface area contributed by atoms with E-state index in [1.54, 1.807) is 0 Å². The van der Waals surface area contributed by atoms with Crippen LogP contribution in [0.15, 0.2) is 0 Å². The summed E-state index contributed by atoms with van der Waals surface area (Å²) in [6, 6.07) is -1.13. The van der Waals surface area contributed by atoms with Gasteiger partial charge in [-0.1, -0.05) is 70.6 Å². The highest BCUT2D eigenvalue weighted by Crippen LogP contribution is 2.13. The number of hydrogen-bond acceptors (Lipinski definition) is 6. The predicted molar refractivity (Wildman–Crippen MR) is 97.9 cm³/mol. The van der Waals surface area contributed by atoms with Gasteiger partial charge in [-0.15, -0.1) is 0 Å². The second-order valence-electron chi connectivity index (χ2n) is 6.65. The average Bonchev–Trinajstić information content (AvgIpc) is 2.61. The highest BCUT2D eigenvalue weighted by Gasteiger charge is 2.17. The molecule has 0 saturated carbocycles. The lowest BCUT2D eigenvalue weighted by Crippen LogP contribution is -2.36. The number of rotatable bonds is 17. The van der Waals surface area contributed by atoms with E-state index in [-0.39, 0.29) is 6.42 Å². The Labute approximate surface area is 152 Å². The van der Waals surface area contributed by atoms with Gasteiger partial charge in [0, 0.05) is 13.0 Å². The van der Waals surface area contributed by atoms with Gasteiger partial charge in [0.1, 0.15) is 6.04 Å². The molecule has 0 aliphatic rings. The Kier molecular flexibility index (Phi) is 17.1. The molecule has 0 radical (unpaired) electrons. The fourth-order valence-corrected chi connectivity index (χ4v) is 2.64. The summed E-state index contributed by atoms with van der Waals surface area (Å²) >= 11 is 0. The van der Waals surface area contributed by atoms with Crippen molar-refractivity contribution in [2.24, 2.45) is 5.73 Å². The Balaban J connectivity index is 3.26. The van der Waals surface area contributed by atoms with E-state index in [4.69, 9.17) is 15.9 Å². The summed E-state index contributed by atoms with van der Waals surface area (Å²) in [5.41, 5.74) is 5.26. The maximum Gasteiger partial charge on any atom is 0.332 e. The quantitative estimate of drug-likeness (QED) is 0.209. The van der Waals surface area contributed by atoms with Gasteiger partial charge in [-0.25, -0.2) is 4.79 Å². The van der Waals surface area contributed by atoms with Gasteiger partial charge in [0.05, 0.1) is 6.61 Å². The topological polar surface area (TPSA) is 110 Å². The van der Waals surface area contributed by atoms with Gasteiger partial charge in [-0.05, 0) is 12.8 Å². The Morgan fingerprint density at radius 1 is 0.720 bits per heavy atom. The van der Waals surface area contributed by atoms with Crippen molar-refractivity contribution in [3.05, 3.63) is 0 Å². The monoisotopic (exact) mass is 359 g/mol. The molecule has 0 aromatic heterocycles. The summed E-state index contributed by atoms with van der Waals surface area (Å²) in [5, 5.41) is 17.4. The largest absolute Gasteiger partial charge is 0.396 e. The lowest BCUT2D eigenvalue weighted by atomic mass is 10.0. The summed E-state index contributed by atoms with van der Waals surface area (Å²) < 4.78 is 4.54. The second-order valence-corrected chi connectivity index (χ2v) is 6.65. The van der Waals surface area contributed by atoms with Gasteiger partial charge >= 0.3 is 11.9 Å². The standard InChI is InChI=1S/C19H37NO5/c20-17(16-22)19(24)25-18(23)14-12-10-8-6-4-2-1-3-5-7-9-11-13-15-21/h17,21-22H,1-16,20H2/t17-/m0/s1. The minimum atomic E-state index is -1.13. The summed E-state index contributed by atoms with van der Waals surface area (Å²) in [6.07, 6.45) is 15.2. The summed E-state index contributed by atoms with van der Waals surface area (Å²) in [4.78, 5) is 22.6. The minimum absolute atomic E-state index is 0.222. The highest BCUT2D eigenvalue weighted by atomic mass is 16.6. The van der Waals surface area contributed by atoms with Crippen LogP contribution in [0.2, 0.25) is 0 Å². The molecule has 0 spiro atoms. The van der Waals surface area contributed by atoms with Crippen molar-refractivity contribution >= 4 is 11.9 Å². The molecular formula is C19H37NO5. The minimum Gasteiger partial charge on any atom is -0.396 e. The number of esters is 2. The van der Waals surface area contributed by atoms with E-state index in [9.17, 15) is 9.59 Å². The average molecular weight is 360 g/mol. The molecule has 4 N–H and O–H groups in total. The third-order valence-electron chi connectivity index (χ3n) is 4.25. The maximum absolute atomic E-state index is 11.4. The second kappa shape index (κ2) is 17.8. The highest BCUT2D eigenvalue weighted by molar-refractivity contribution is 5.88. The van der Waals surface area contributed by atoms with Crippen molar-refractivity contribution in [2.75, 3.05) is 13.2 Å². The first-order valence-corrected chi connectivity index (χ1v) is 9.83. The van der Waals surface area contributed by atoms with Crippen LogP contribution < -0.4 is 5.73 Å². The van der Waals surface area contributed by atoms with E-state index in [2.05, 4.69) is 4.74 Å². The third-order valence-corrected chi connectivity index (χ3v) is 4.25. The summed E-state index contributed by atoms with van der Waals surface area (Å²) in [7, 11) is 0. The fraction of sp³-hybridized carbons (Fsp3) is 0.895. The van der Waals surface area contributed by atoms with Crippen molar-refractivity contribution in [3.63, 3.8) is 0 Å². The van der Waals surface area contributed by atoms with E-state index in [0.717, 1.165) is 25.7 Å². The van der Waals surface area contributed by atoms with E-state index in [1.165, 1.54) is 51.4 Å². The number of nitrogens with two attached hydrogens (primary N) is 1. The van der Waals surface area contributed by atoms with Gasteiger partial charge in [0.15, 0.2) is 0 Å². The van der Waals surface area contributed by atoms with Crippen molar-refractivity contribution in [2.45, 2.75) is 95.9 Å². The van der Waals surface area contributed by atoms with Gasteiger partial charge in [0.25, 0.3) is 0 Å². The zero-order valence-electron chi connectivity index (χ0n) is 15.6. The van der Waals surface area contributed by atoms with Crippen LogP contribution in [0, 0.1) is 0 Å². The molecule has 0 amide bonds. The zero-order chi connectivity index (χ0) is 18.8.